The molecule has 0 radical (unpaired) electrons. The van der Waals surface area contributed by atoms with Gasteiger partial charge in [-0.25, -0.2) is 4.79 Å². The van der Waals surface area contributed by atoms with Crippen LogP contribution < -0.4 is 0 Å². The Balaban J connectivity index is 1.75. The maximum absolute atomic E-state index is 12.8. The number of amides is 1. The number of tetrazole rings is 1. The largest absolute Gasteiger partial charge is 0.449 e. The molecule has 0 unspecified atom stereocenters. The number of hydrogen-bond acceptors (Lipinski definition) is 6. The molecule has 8 nitrogen and oxygen atoms in total. The third kappa shape index (κ3) is 3.58. The van der Waals surface area contributed by atoms with Crippen LogP contribution in [0.25, 0.3) is 5.69 Å². The van der Waals surface area contributed by atoms with Gasteiger partial charge in [0.2, 0.25) is 0 Å². The Labute approximate surface area is 152 Å². The summed E-state index contributed by atoms with van der Waals surface area (Å²) in [7, 11) is 0. The minimum atomic E-state index is -0.854. The van der Waals surface area contributed by atoms with Crippen molar-refractivity contribution in [1.29, 1.82) is 0 Å². The fourth-order valence-electron chi connectivity index (χ4n) is 3.46. The van der Waals surface area contributed by atoms with Gasteiger partial charge in [-0.15, -0.1) is 5.10 Å². The van der Waals surface area contributed by atoms with Gasteiger partial charge in [-0.05, 0) is 62.6 Å². The van der Waals surface area contributed by atoms with Gasteiger partial charge in [0.15, 0.2) is 6.10 Å². The molecule has 1 aliphatic heterocycles. The number of piperidine rings is 1. The van der Waals surface area contributed by atoms with Gasteiger partial charge < -0.3 is 9.64 Å². The summed E-state index contributed by atoms with van der Waals surface area (Å²) >= 11 is 0. The smallest absolute Gasteiger partial charge is 0.341 e. The lowest BCUT2D eigenvalue weighted by molar-refractivity contribution is -0.146. The summed E-state index contributed by atoms with van der Waals surface area (Å²) in [5.74, 6) is -0.729. The number of ether oxygens (including phenoxy) is 1. The maximum Gasteiger partial charge on any atom is 0.341 e. The number of carbonyl (C=O) groups excluding carboxylic acids is 2. The number of para-hydroxylation sites is 1. The number of nitrogens with zero attached hydrogens (tertiary/aromatic N) is 5. The lowest BCUT2D eigenvalue weighted by atomic mass is 9.97. The van der Waals surface area contributed by atoms with Crippen LogP contribution in [0.2, 0.25) is 0 Å². The van der Waals surface area contributed by atoms with Crippen molar-refractivity contribution < 1.29 is 14.3 Å². The van der Waals surface area contributed by atoms with Gasteiger partial charge in [0.05, 0.1) is 11.3 Å². The van der Waals surface area contributed by atoms with Gasteiger partial charge >= 0.3 is 5.97 Å². The zero-order valence-corrected chi connectivity index (χ0v) is 15.2. The molecule has 0 saturated carbocycles. The quantitative estimate of drug-likeness (QED) is 0.778. The fourth-order valence-corrected chi connectivity index (χ4v) is 3.46. The van der Waals surface area contributed by atoms with Crippen molar-refractivity contribution in [3.8, 4) is 5.69 Å². The second-order valence-corrected chi connectivity index (χ2v) is 6.69. The Morgan fingerprint density at radius 1 is 1.19 bits per heavy atom. The van der Waals surface area contributed by atoms with Crippen LogP contribution in [0, 0.1) is 0 Å². The van der Waals surface area contributed by atoms with E-state index in [0.29, 0.717) is 11.3 Å². The molecule has 1 amide bonds. The SMILES string of the molecule is C[C@@H](OC(=O)c1ccccc1-n1cnnn1)C(=O)N1[C@@H](C)CCC[C@@H]1C. The van der Waals surface area contributed by atoms with E-state index in [2.05, 4.69) is 15.5 Å². The van der Waals surface area contributed by atoms with E-state index in [4.69, 9.17) is 4.74 Å². The molecule has 3 atom stereocenters. The number of carbonyl (C=O) groups is 2. The molecule has 1 aromatic heterocycles. The number of benzene rings is 1. The average molecular weight is 357 g/mol. The number of likely N-dealkylation sites (tertiary alicyclic amines) is 1. The fraction of sp³-hybridized carbons (Fsp3) is 0.500. The summed E-state index contributed by atoms with van der Waals surface area (Å²) in [5.41, 5.74) is 0.807. The summed E-state index contributed by atoms with van der Waals surface area (Å²) < 4.78 is 6.86. The molecule has 1 aromatic carbocycles. The van der Waals surface area contributed by atoms with Crippen LogP contribution in [0.5, 0.6) is 0 Å². The molecule has 2 aromatic rings. The minimum absolute atomic E-state index is 0.154. The average Bonchev–Trinajstić information content (AvgIpc) is 3.16. The highest BCUT2D eigenvalue weighted by atomic mass is 16.5. The first-order valence-electron chi connectivity index (χ1n) is 8.84. The van der Waals surface area contributed by atoms with Crippen molar-refractivity contribution in [2.24, 2.45) is 0 Å². The van der Waals surface area contributed by atoms with Crippen molar-refractivity contribution in [3.63, 3.8) is 0 Å². The minimum Gasteiger partial charge on any atom is -0.449 e. The zero-order valence-electron chi connectivity index (χ0n) is 15.2. The molecule has 26 heavy (non-hydrogen) atoms. The highest BCUT2D eigenvalue weighted by Crippen LogP contribution is 2.24. The highest BCUT2D eigenvalue weighted by Gasteiger charge is 2.33. The molecule has 0 N–H and O–H groups in total. The predicted octanol–water partition coefficient (Wildman–Crippen LogP) is 2.00. The number of rotatable bonds is 4. The first kappa shape index (κ1) is 18.0. The van der Waals surface area contributed by atoms with Crippen LogP contribution in [0.3, 0.4) is 0 Å². The van der Waals surface area contributed by atoms with E-state index in [9.17, 15) is 9.59 Å². The molecule has 1 saturated heterocycles. The van der Waals surface area contributed by atoms with Crippen LogP contribution in [0.15, 0.2) is 30.6 Å². The third-order valence-electron chi connectivity index (χ3n) is 4.80. The van der Waals surface area contributed by atoms with Gasteiger partial charge in [-0.3, -0.25) is 4.79 Å². The summed E-state index contributed by atoms with van der Waals surface area (Å²) in [5, 5.41) is 11.0. The maximum atomic E-state index is 12.8. The molecule has 0 aliphatic carbocycles. The molecular weight excluding hydrogens is 334 g/mol. The Bertz CT molecular complexity index is 767. The lowest BCUT2D eigenvalue weighted by Gasteiger charge is -2.40. The van der Waals surface area contributed by atoms with Crippen molar-refractivity contribution in [2.75, 3.05) is 0 Å². The van der Waals surface area contributed by atoms with Crippen molar-refractivity contribution in [3.05, 3.63) is 36.2 Å². The van der Waals surface area contributed by atoms with Gasteiger partial charge in [0, 0.05) is 12.1 Å². The number of esters is 1. The second-order valence-electron chi connectivity index (χ2n) is 6.69. The number of aromatic nitrogens is 4. The molecule has 8 heteroatoms. The summed E-state index contributed by atoms with van der Waals surface area (Å²) in [6, 6.07) is 7.16. The zero-order chi connectivity index (χ0) is 18.7. The van der Waals surface area contributed by atoms with Crippen molar-refractivity contribution in [1.82, 2.24) is 25.1 Å². The Kier molecular flexibility index (Phi) is 5.29. The van der Waals surface area contributed by atoms with Crippen molar-refractivity contribution >= 4 is 11.9 Å². The highest BCUT2D eigenvalue weighted by molar-refractivity contribution is 5.95. The van der Waals surface area contributed by atoms with E-state index >= 15 is 0 Å². The van der Waals surface area contributed by atoms with E-state index in [1.54, 1.807) is 31.2 Å². The van der Waals surface area contributed by atoms with Crippen LogP contribution in [-0.2, 0) is 9.53 Å². The monoisotopic (exact) mass is 357 g/mol. The first-order chi connectivity index (χ1) is 12.5. The van der Waals surface area contributed by atoms with Gasteiger partial charge in [-0.2, -0.15) is 4.68 Å². The van der Waals surface area contributed by atoms with Crippen molar-refractivity contribution in [2.45, 2.75) is 58.2 Å². The molecule has 1 fully saturated rings. The summed E-state index contributed by atoms with van der Waals surface area (Å²) in [6.07, 6.45) is 3.60. The van der Waals surface area contributed by atoms with Gasteiger partial charge in [-0.1, -0.05) is 12.1 Å². The predicted molar refractivity (Wildman–Crippen MR) is 93.7 cm³/mol. The van der Waals surface area contributed by atoms with E-state index in [1.807, 2.05) is 18.7 Å². The van der Waals surface area contributed by atoms with E-state index in [-0.39, 0.29) is 18.0 Å². The molecule has 3 rings (SSSR count). The van der Waals surface area contributed by atoms with E-state index in [0.717, 1.165) is 19.3 Å². The van der Waals surface area contributed by atoms with E-state index in [1.165, 1.54) is 11.0 Å². The summed E-state index contributed by atoms with van der Waals surface area (Å²) in [4.78, 5) is 27.3. The molecule has 0 spiro atoms. The normalized spacial score (nSPS) is 21.3. The second kappa shape index (κ2) is 7.63. The standard InChI is InChI=1S/C18H23N5O3/c1-12-7-6-8-13(2)23(12)17(24)14(3)26-18(25)15-9-4-5-10-16(15)22-11-19-20-21-22/h4-5,9-14H,6-8H2,1-3H3/t12-,13-,14+/m0/s1. The molecule has 2 heterocycles. The lowest BCUT2D eigenvalue weighted by Crippen LogP contribution is -2.51. The van der Waals surface area contributed by atoms with Gasteiger partial charge in [0.1, 0.15) is 6.33 Å². The first-order valence-corrected chi connectivity index (χ1v) is 8.84. The van der Waals surface area contributed by atoms with Crippen LogP contribution >= 0.6 is 0 Å². The Morgan fingerprint density at radius 2 is 1.88 bits per heavy atom. The third-order valence-corrected chi connectivity index (χ3v) is 4.80. The van der Waals surface area contributed by atoms with Gasteiger partial charge in [0.25, 0.3) is 5.91 Å². The van der Waals surface area contributed by atoms with Crippen LogP contribution in [0.4, 0.5) is 0 Å². The molecular formula is C18H23N5O3. The summed E-state index contributed by atoms with van der Waals surface area (Å²) in [6.45, 7) is 5.69. The Hall–Kier alpha value is -2.77. The molecule has 1 aliphatic rings. The van der Waals surface area contributed by atoms with E-state index < -0.39 is 12.1 Å². The Morgan fingerprint density at radius 3 is 2.54 bits per heavy atom. The topological polar surface area (TPSA) is 90.2 Å². The number of hydrogen-bond donors (Lipinski definition) is 0. The molecule has 138 valence electrons. The molecule has 0 bridgehead atoms. The van der Waals surface area contributed by atoms with Crippen LogP contribution in [-0.4, -0.2) is 55.2 Å². The van der Waals surface area contributed by atoms with Crippen LogP contribution in [0.1, 0.15) is 50.4 Å².